The second-order valence-electron chi connectivity index (χ2n) is 2.79. The number of hydrogen-bond donors (Lipinski definition) is 0. The maximum atomic E-state index is 12.1. The molecular weight excluding hydrogens is 350 g/mol. The van der Waals surface area contributed by atoms with Gasteiger partial charge in [0.1, 0.15) is 12.3 Å². The van der Waals surface area contributed by atoms with Gasteiger partial charge in [0.25, 0.3) is 0 Å². The van der Waals surface area contributed by atoms with Gasteiger partial charge in [-0.1, -0.05) is 0 Å². The fourth-order valence-electron chi connectivity index (χ4n) is 0.868. The van der Waals surface area contributed by atoms with Gasteiger partial charge in [-0.15, -0.1) is 0 Å². The molecule has 0 aliphatic rings. The Hall–Kier alpha value is -0.450. The Kier molecular flexibility index (Phi) is 4.47. The molecular formula is C7H6F5IN2O. The van der Waals surface area contributed by atoms with E-state index in [1.54, 1.807) is 22.6 Å². The Morgan fingerprint density at radius 3 is 2.50 bits per heavy atom. The zero-order valence-electron chi connectivity index (χ0n) is 7.64. The fourth-order valence-corrected chi connectivity index (χ4v) is 1.42. The summed E-state index contributed by atoms with van der Waals surface area (Å²) < 4.78 is 64.5. The number of alkyl halides is 5. The van der Waals surface area contributed by atoms with Gasteiger partial charge in [-0.2, -0.15) is 27.1 Å². The van der Waals surface area contributed by atoms with Gasteiger partial charge in [-0.25, -0.2) is 4.68 Å². The van der Waals surface area contributed by atoms with E-state index in [1.807, 2.05) is 0 Å². The van der Waals surface area contributed by atoms with Gasteiger partial charge in [-0.05, 0) is 22.6 Å². The topological polar surface area (TPSA) is 27.1 Å². The Morgan fingerprint density at radius 1 is 1.44 bits per heavy atom. The molecule has 0 saturated heterocycles. The van der Waals surface area contributed by atoms with Crippen molar-refractivity contribution in [1.82, 2.24) is 9.78 Å². The van der Waals surface area contributed by atoms with Crippen molar-refractivity contribution in [2.24, 2.45) is 0 Å². The predicted molar refractivity (Wildman–Crippen MR) is 51.9 cm³/mol. The molecule has 0 aliphatic carbocycles. The molecule has 0 atom stereocenters. The van der Waals surface area contributed by atoms with Crippen LogP contribution in [0.1, 0.15) is 12.2 Å². The molecule has 92 valence electrons. The lowest BCUT2D eigenvalue weighted by Crippen LogP contribution is -2.17. The largest absolute Gasteiger partial charge is 0.411 e. The van der Waals surface area contributed by atoms with Crippen LogP contribution in [0.2, 0.25) is 0 Å². The molecule has 0 aliphatic heterocycles. The number of hydrogen-bond acceptors (Lipinski definition) is 2. The Labute approximate surface area is 101 Å². The van der Waals surface area contributed by atoms with Gasteiger partial charge in [0.05, 0.1) is 10.2 Å². The average molecular weight is 356 g/mol. The van der Waals surface area contributed by atoms with Gasteiger partial charge >= 0.3 is 12.7 Å². The molecule has 0 unspecified atom stereocenters. The predicted octanol–water partition coefficient (Wildman–Crippen LogP) is 2.96. The first-order valence-corrected chi connectivity index (χ1v) is 5.03. The number of nitrogens with zero attached hydrogens (tertiary/aromatic N) is 2. The molecule has 1 heterocycles. The second-order valence-corrected chi connectivity index (χ2v) is 3.95. The van der Waals surface area contributed by atoms with Crippen LogP contribution < -0.4 is 0 Å². The van der Waals surface area contributed by atoms with E-state index in [4.69, 9.17) is 0 Å². The molecule has 0 radical (unpaired) electrons. The molecule has 0 fully saturated rings. The van der Waals surface area contributed by atoms with Gasteiger partial charge in [-0.3, -0.25) is 0 Å². The van der Waals surface area contributed by atoms with Crippen molar-refractivity contribution in [3.05, 3.63) is 15.5 Å². The van der Waals surface area contributed by atoms with Crippen molar-refractivity contribution < 1.29 is 26.7 Å². The molecule has 0 aromatic carbocycles. The van der Waals surface area contributed by atoms with Crippen molar-refractivity contribution in [2.45, 2.75) is 19.3 Å². The van der Waals surface area contributed by atoms with E-state index in [1.165, 1.54) is 0 Å². The molecule has 0 saturated carbocycles. The van der Waals surface area contributed by atoms with E-state index in [2.05, 4.69) is 9.84 Å². The minimum atomic E-state index is -4.43. The summed E-state index contributed by atoms with van der Waals surface area (Å²) in [4.78, 5) is 0. The van der Waals surface area contributed by atoms with Crippen LogP contribution in [-0.4, -0.2) is 22.6 Å². The highest BCUT2D eigenvalue weighted by Crippen LogP contribution is 2.19. The van der Waals surface area contributed by atoms with E-state index in [-0.39, 0.29) is 5.69 Å². The molecule has 0 N–H and O–H groups in total. The van der Waals surface area contributed by atoms with Crippen molar-refractivity contribution in [2.75, 3.05) is 6.61 Å². The van der Waals surface area contributed by atoms with Crippen LogP contribution >= 0.6 is 22.6 Å². The van der Waals surface area contributed by atoms with Crippen molar-refractivity contribution in [3.8, 4) is 0 Å². The molecule has 1 aromatic rings. The molecule has 16 heavy (non-hydrogen) atoms. The first-order chi connectivity index (χ1) is 7.29. The Morgan fingerprint density at radius 2 is 2.06 bits per heavy atom. The van der Waals surface area contributed by atoms with Crippen molar-refractivity contribution in [1.29, 1.82) is 0 Å². The molecule has 0 spiro atoms. The minimum absolute atomic E-state index is 0.0603. The first kappa shape index (κ1) is 13.6. The summed E-state index contributed by atoms with van der Waals surface area (Å²) in [6.45, 7) is -4.69. The quantitative estimate of drug-likeness (QED) is 0.613. The van der Waals surface area contributed by atoms with Crippen LogP contribution in [0, 0.1) is 3.57 Å². The maximum absolute atomic E-state index is 12.1. The Bertz CT molecular complexity index is 351. The van der Waals surface area contributed by atoms with Gasteiger partial charge < -0.3 is 4.74 Å². The lowest BCUT2D eigenvalue weighted by molar-refractivity contribution is -0.176. The second kappa shape index (κ2) is 5.25. The van der Waals surface area contributed by atoms with Crippen LogP contribution in [0.3, 0.4) is 0 Å². The molecule has 0 amide bonds. The minimum Gasteiger partial charge on any atom is -0.366 e. The van der Waals surface area contributed by atoms with Crippen LogP contribution in [-0.2, 0) is 11.3 Å². The summed E-state index contributed by atoms with van der Waals surface area (Å²) in [5, 5.41) is 3.40. The zero-order chi connectivity index (χ0) is 12.3. The standard InChI is InChI=1S/C7H6F5IN2O/c8-6(9)15-1-4(13)5(14-15)2-16-3-7(10,11)12/h1,6H,2-3H2. The molecule has 1 rings (SSSR count). The third-order valence-electron chi connectivity index (χ3n) is 1.46. The number of rotatable bonds is 4. The summed E-state index contributed by atoms with van der Waals surface area (Å²) in [5.74, 6) is 0. The third kappa shape index (κ3) is 4.20. The summed E-state index contributed by atoms with van der Waals surface area (Å²) in [6.07, 6.45) is -3.39. The smallest absolute Gasteiger partial charge is 0.366 e. The number of aromatic nitrogens is 2. The molecule has 0 bridgehead atoms. The highest BCUT2D eigenvalue weighted by molar-refractivity contribution is 14.1. The highest BCUT2D eigenvalue weighted by Gasteiger charge is 2.27. The van der Waals surface area contributed by atoms with E-state index < -0.39 is 25.9 Å². The summed E-state index contributed by atoms with van der Waals surface area (Å²) >= 11 is 1.70. The molecule has 1 aromatic heterocycles. The third-order valence-corrected chi connectivity index (χ3v) is 2.36. The Balaban J connectivity index is 2.54. The van der Waals surface area contributed by atoms with Crippen molar-refractivity contribution in [3.63, 3.8) is 0 Å². The highest BCUT2D eigenvalue weighted by atomic mass is 127. The van der Waals surface area contributed by atoms with Gasteiger partial charge in [0, 0.05) is 6.20 Å². The lowest BCUT2D eigenvalue weighted by atomic mass is 10.5. The normalized spacial score (nSPS) is 12.4. The summed E-state index contributed by atoms with van der Waals surface area (Å²) in [5.41, 5.74) is 0.0603. The van der Waals surface area contributed by atoms with Gasteiger partial charge in [0.15, 0.2) is 0 Å². The zero-order valence-corrected chi connectivity index (χ0v) is 9.80. The maximum Gasteiger partial charge on any atom is 0.411 e. The van der Waals surface area contributed by atoms with Crippen molar-refractivity contribution >= 4 is 22.6 Å². The first-order valence-electron chi connectivity index (χ1n) is 3.96. The van der Waals surface area contributed by atoms with Crippen LogP contribution in [0.25, 0.3) is 0 Å². The molecule has 9 heteroatoms. The van der Waals surface area contributed by atoms with Crippen LogP contribution in [0.5, 0.6) is 0 Å². The van der Waals surface area contributed by atoms with Crippen LogP contribution in [0.4, 0.5) is 22.0 Å². The number of ether oxygens (including phenoxy) is 1. The average Bonchev–Trinajstić information content (AvgIpc) is 2.46. The lowest BCUT2D eigenvalue weighted by Gasteiger charge is -2.06. The van der Waals surface area contributed by atoms with E-state index in [0.29, 0.717) is 8.25 Å². The van der Waals surface area contributed by atoms with E-state index >= 15 is 0 Å². The summed E-state index contributed by atoms with van der Waals surface area (Å²) in [7, 11) is 0. The summed E-state index contributed by atoms with van der Waals surface area (Å²) in [6, 6.07) is 0. The van der Waals surface area contributed by atoms with Crippen LogP contribution in [0.15, 0.2) is 6.20 Å². The monoisotopic (exact) mass is 356 g/mol. The van der Waals surface area contributed by atoms with E-state index in [9.17, 15) is 22.0 Å². The van der Waals surface area contributed by atoms with Gasteiger partial charge in [0.2, 0.25) is 0 Å². The fraction of sp³-hybridized carbons (Fsp3) is 0.571. The molecule has 3 nitrogen and oxygen atoms in total. The SMILES string of the molecule is FC(F)n1cc(I)c(COCC(F)(F)F)n1. The number of halogens is 6. The van der Waals surface area contributed by atoms with E-state index in [0.717, 1.165) is 6.20 Å².